The Balaban J connectivity index is 1.89. The van der Waals surface area contributed by atoms with Crippen molar-refractivity contribution < 1.29 is 13.5 Å². The minimum atomic E-state index is -3.41. The summed E-state index contributed by atoms with van der Waals surface area (Å²) in [5.41, 5.74) is 0.725. The number of sulfone groups is 1. The van der Waals surface area contributed by atoms with E-state index in [0.29, 0.717) is 23.8 Å². The van der Waals surface area contributed by atoms with Gasteiger partial charge in [-0.05, 0) is 43.2 Å². The van der Waals surface area contributed by atoms with Gasteiger partial charge in [0.1, 0.15) is 6.33 Å². The van der Waals surface area contributed by atoms with E-state index >= 15 is 0 Å². The minimum absolute atomic E-state index is 0.0000609. The molecule has 1 fully saturated rings. The first-order chi connectivity index (χ1) is 12.8. The van der Waals surface area contributed by atoms with Gasteiger partial charge in [0.2, 0.25) is 0 Å². The van der Waals surface area contributed by atoms with E-state index in [-0.39, 0.29) is 5.03 Å². The molecule has 27 heavy (non-hydrogen) atoms. The van der Waals surface area contributed by atoms with E-state index in [9.17, 15) is 13.5 Å². The molecule has 0 saturated heterocycles. The Hall–Kier alpha value is -1.70. The second-order valence-electron chi connectivity index (χ2n) is 7.24. The minimum Gasteiger partial charge on any atom is -0.388 e. The first-order valence-electron chi connectivity index (χ1n) is 8.99. The molecule has 1 aromatic carbocycles. The summed E-state index contributed by atoms with van der Waals surface area (Å²) >= 11 is 6.01. The zero-order valence-electron chi connectivity index (χ0n) is 15.3. The predicted molar refractivity (Wildman–Crippen MR) is 106 cm³/mol. The molecule has 1 aliphatic carbocycles. The smallest absolute Gasteiger partial charge is 0.192 e. The molecular formula is C19H24ClN3O3S. The van der Waals surface area contributed by atoms with Crippen molar-refractivity contribution in [3.63, 3.8) is 0 Å². The normalized spacial score (nSPS) is 16.9. The fraction of sp³-hybridized carbons (Fsp3) is 0.474. The van der Waals surface area contributed by atoms with E-state index in [1.54, 1.807) is 12.1 Å². The van der Waals surface area contributed by atoms with E-state index in [1.165, 1.54) is 12.4 Å². The monoisotopic (exact) mass is 409 g/mol. The SMILES string of the molecule is CS(=O)(=O)c1cc(CN(CC2(O)CCCCC2)c2ccc(Cl)cc2)ncn1. The third-order valence-electron chi connectivity index (χ3n) is 4.89. The van der Waals surface area contributed by atoms with Crippen LogP contribution in [-0.4, -0.2) is 41.9 Å². The summed E-state index contributed by atoms with van der Waals surface area (Å²) in [5.74, 6) is 0. The highest BCUT2D eigenvalue weighted by Gasteiger charge is 2.31. The molecule has 6 nitrogen and oxygen atoms in total. The van der Waals surface area contributed by atoms with E-state index in [2.05, 4.69) is 9.97 Å². The van der Waals surface area contributed by atoms with Gasteiger partial charge in [0.25, 0.3) is 0 Å². The van der Waals surface area contributed by atoms with Crippen LogP contribution in [0.2, 0.25) is 5.02 Å². The average Bonchev–Trinajstić information content (AvgIpc) is 2.62. The van der Waals surface area contributed by atoms with Gasteiger partial charge < -0.3 is 10.0 Å². The summed E-state index contributed by atoms with van der Waals surface area (Å²) in [7, 11) is -3.41. The Morgan fingerprint density at radius 2 is 1.81 bits per heavy atom. The molecule has 3 rings (SSSR count). The van der Waals surface area contributed by atoms with Crippen LogP contribution in [0.3, 0.4) is 0 Å². The quantitative estimate of drug-likeness (QED) is 0.737. The molecule has 0 atom stereocenters. The second-order valence-corrected chi connectivity index (χ2v) is 9.64. The molecule has 0 radical (unpaired) electrons. The summed E-state index contributed by atoms with van der Waals surface area (Å²) in [6.07, 6.45) is 7.08. The largest absolute Gasteiger partial charge is 0.388 e. The highest BCUT2D eigenvalue weighted by Crippen LogP contribution is 2.31. The lowest BCUT2D eigenvalue weighted by Gasteiger charge is -2.38. The van der Waals surface area contributed by atoms with Crippen molar-refractivity contribution in [2.75, 3.05) is 17.7 Å². The molecule has 0 bridgehead atoms. The van der Waals surface area contributed by atoms with Crippen molar-refractivity contribution in [2.24, 2.45) is 0 Å². The molecular weight excluding hydrogens is 386 g/mol. The molecule has 1 aliphatic rings. The number of halogens is 1. The summed E-state index contributed by atoms with van der Waals surface area (Å²) in [5, 5.41) is 11.7. The second kappa shape index (κ2) is 8.12. The number of aliphatic hydroxyl groups is 1. The highest BCUT2D eigenvalue weighted by atomic mass is 35.5. The predicted octanol–water partition coefficient (Wildman–Crippen LogP) is 3.24. The van der Waals surface area contributed by atoms with Gasteiger partial charge in [-0.1, -0.05) is 30.9 Å². The molecule has 146 valence electrons. The zero-order valence-corrected chi connectivity index (χ0v) is 16.9. The average molecular weight is 410 g/mol. The summed E-state index contributed by atoms with van der Waals surface area (Å²) in [4.78, 5) is 10.1. The lowest BCUT2D eigenvalue weighted by molar-refractivity contribution is 0.0107. The molecule has 1 aromatic heterocycles. The fourth-order valence-electron chi connectivity index (χ4n) is 3.48. The van der Waals surface area contributed by atoms with Gasteiger partial charge in [0, 0.05) is 23.5 Å². The van der Waals surface area contributed by atoms with Gasteiger partial charge in [-0.15, -0.1) is 0 Å². The number of rotatable bonds is 6. The van der Waals surface area contributed by atoms with Crippen LogP contribution in [0.4, 0.5) is 5.69 Å². The summed E-state index contributed by atoms with van der Waals surface area (Å²) in [6.45, 7) is 0.821. The Kier molecular flexibility index (Phi) is 6.03. The molecule has 2 aromatic rings. The van der Waals surface area contributed by atoms with Crippen molar-refractivity contribution >= 4 is 27.1 Å². The maximum absolute atomic E-state index is 11.8. The maximum Gasteiger partial charge on any atom is 0.192 e. The van der Waals surface area contributed by atoms with E-state index in [0.717, 1.165) is 44.0 Å². The molecule has 0 aliphatic heterocycles. The molecule has 0 amide bonds. The number of anilines is 1. The van der Waals surface area contributed by atoms with Crippen LogP contribution in [0.15, 0.2) is 41.7 Å². The van der Waals surface area contributed by atoms with Gasteiger partial charge in [0.05, 0.1) is 17.8 Å². The number of benzene rings is 1. The van der Waals surface area contributed by atoms with Gasteiger partial charge in [-0.3, -0.25) is 0 Å². The summed E-state index contributed by atoms with van der Waals surface area (Å²) < 4.78 is 23.6. The van der Waals surface area contributed by atoms with E-state index in [1.807, 2.05) is 17.0 Å². The van der Waals surface area contributed by atoms with Crippen LogP contribution in [0.25, 0.3) is 0 Å². The Morgan fingerprint density at radius 1 is 1.15 bits per heavy atom. The number of hydrogen-bond donors (Lipinski definition) is 1. The lowest BCUT2D eigenvalue weighted by Crippen LogP contribution is -2.44. The lowest BCUT2D eigenvalue weighted by atomic mass is 9.84. The van der Waals surface area contributed by atoms with Gasteiger partial charge >= 0.3 is 0 Å². The van der Waals surface area contributed by atoms with E-state index < -0.39 is 15.4 Å². The third kappa shape index (κ3) is 5.40. The Labute approximate surface area is 165 Å². The van der Waals surface area contributed by atoms with E-state index in [4.69, 9.17) is 11.6 Å². The Bertz CT molecular complexity index is 881. The first kappa shape index (κ1) is 20.0. The van der Waals surface area contributed by atoms with Crippen LogP contribution < -0.4 is 4.90 Å². The molecule has 0 unspecified atom stereocenters. The maximum atomic E-state index is 11.8. The van der Waals surface area contributed by atoms with Crippen molar-refractivity contribution in [3.8, 4) is 0 Å². The van der Waals surface area contributed by atoms with Crippen LogP contribution in [0.5, 0.6) is 0 Å². The number of aromatic nitrogens is 2. The topological polar surface area (TPSA) is 83.4 Å². The Morgan fingerprint density at radius 3 is 2.44 bits per heavy atom. The van der Waals surface area contributed by atoms with Crippen LogP contribution in [-0.2, 0) is 16.4 Å². The number of hydrogen-bond acceptors (Lipinski definition) is 6. The molecule has 1 heterocycles. The van der Waals surface area contributed by atoms with Gasteiger partial charge in [-0.2, -0.15) is 0 Å². The molecule has 1 N–H and O–H groups in total. The van der Waals surface area contributed by atoms with Crippen LogP contribution in [0, 0.1) is 0 Å². The van der Waals surface area contributed by atoms with Crippen LogP contribution in [0.1, 0.15) is 37.8 Å². The molecule has 8 heteroatoms. The molecule has 1 saturated carbocycles. The standard InChI is InChI=1S/C19H24ClN3O3S/c1-27(25,26)18-11-16(21-14-22-18)12-23(17-7-5-15(20)6-8-17)13-19(24)9-3-2-4-10-19/h5-8,11,14,24H,2-4,9-10,12-13H2,1H3. The zero-order chi connectivity index (χ0) is 19.5. The molecule has 0 spiro atoms. The first-order valence-corrected chi connectivity index (χ1v) is 11.3. The van der Waals surface area contributed by atoms with Crippen molar-refractivity contribution in [1.29, 1.82) is 0 Å². The van der Waals surface area contributed by atoms with Crippen molar-refractivity contribution in [1.82, 2.24) is 9.97 Å². The highest BCUT2D eigenvalue weighted by molar-refractivity contribution is 7.90. The third-order valence-corrected chi connectivity index (χ3v) is 6.13. The fourth-order valence-corrected chi connectivity index (χ4v) is 4.19. The van der Waals surface area contributed by atoms with Crippen molar-refractivity contribution in [2.45, 2.75) is 49.3 Å². The van der Waals surface area contributed by atoms with Crippen LogP contribution >= 0.6 is 11.6 Å². The number of nitrogens with zero attached hydrogens (tertiary/aromatic N) is 3. The van der Waals surface area contributed by atoms with Gasteiger partial charge in [-0.25, -0.2) is 18.4 Å². The summed E-state index contributed by atoms with van der Waals surface area (Å²) in [6, 6.07) is 8.89. The van der Waals surface area contributed by atoms with Crippen molar-refractivity contribution in [3.05, 3.63) is 47.4 Å². The van der Waals surface area contributed by atoms with Gasteiger partial charge in [0.15, 0.2) is 14.9 Å².